The van der Waals surface area contributed by atoms with Crippen molar-refractivity contribution in [2.75, 3.05) is 5.32 Å². The van der Waals surface area contributed by atoms with Crippen LogP contribution in [0.15, 0.2) is 40.8 Å². The number of hydrogen-bond acceptors (Lipinski definition) is 6. The Morgan fingerprint density at radius 3 is 2.74 bits per heavy atom. The molecule has 0 aliphatic heterocycles. The van der Waals surface area contributed by atoms with Gasteiger partial charge in [0, 0.05) is 6.92 Å². The van der Waals surface area contributed by atoms with E-state index >= 15 is 0 Å². The highest BCUT2D eigenvalue weighted by atomic mass is 19.1. The van der Waals surface area contributed by atoms with Crippen LogP contribution in [-0.4, -0.2) is 31.2 Å². The molecular formula is C18H14FN5O3. The molecule has 0 unspecified atom stereocenters. The fraction of sp³-hybridized carbons (Fsp3) is 0.111. The smallest absolute Gasteiger partial charge is 0.251 e. The normalized spacial score (nSPS) is 11.0. The summed E-state index contributed by atoms with van der Waals surface area (Å²) in [6.07, 6.45) is 0.339. The van der Waals surface area contributed by atoms with Crippen molar-refractivity contribution in [3.05, 3.63) is 53.7 Å². The number of aromatic hydroxyl groups is 1. The first-order valence-electron chi connectivity index (χ1n) is 8.06. The molecule has 8 nitrogen and oxygen atoms in total. The second-order valence-corrected chi connectivity index (χ2v) is 5.93. The van der Waals surface area contributed by atoms with Gasteiger partial charge >= 0.3 is 0 Å². The number of amides is 1. The second kappa shape index (κ2) is 6.52. The zero-order valence-corrected chi connectivity index (χ0v) is 14.2. The maximum atomic E-state index is 13.0. The average Bonchev–Trinajstić information content (AvgIpc) is 3.24. The summed E-state index contributed by atoms with van der Waals surface area (Å²) < 4.78 is 18.6. The number of halogens is 1. The number of anilines is 1. The van der Waals surface area contributed by atoms with Crippen LogP contribution in [0, 0.1) is 5.82 Å². The van der Waals surface area contributed by atoms with Gasteiger partial charge in [0.05, 0.1) is 17.5 Å². The fourth-order valence-electron chi connectivity index (χ4n) is 2.67. The maximum absolute atomic E-state index is 13.0. The molecule has 0 radical (unpaired) electrons. The quantitative estimate of drug-likeness (QED) is 0.510. The molecule has 9 heteroatoms. The van der Waals surface area contributed by atoms with E-state index < -0.39 is 0 Å². The van der Waals surface area contributed by atoms with Crippen LogP contribution in [-0.2, 0) is 11.2 Å². The minimum atomic E-state index is -0.319. The molecule has 0 fully saturated rings. The Labute approximate surface area is 152 Å². The molecule has 3 N–H and O–H groups in total. The van der Waals surface area contributed by atoms with E-state index in [0.717, 1.165) is 5.56 Å². The Kier molecular flexibility index (Phi) is 4.03. The molecule has 27 heavy (non-hydrogen) atoms. The van der Waals surface area contributed by atoms with Gasteiger partial charge in [-0.15, -0.1) is 10.2 Å². The molecule has 2 heterocycles. The molecule has 4 aromatic rings. The van der Waals surface area contributed by atoms with Gasteiger partial charge in [0.15, 0.2) is 5.75 Å². The molecule has 0 saturated heterocycles. The van der Waals surface area contributed by atoms with E-state index in [1.807, 2.05) is 0 Å². The Morgan fingerprint density at radius 2 is 2.00 bits per heavy atom. The summed E-state index contributed by atoms with van der Waals surface area (Å²) in [6, 6.07) is 9.29. The molecule has 0 bridgehead atoms. The number of H-pyrrole nitrogens is 1. The van der Waals surface area contributed by atoms with E-state index in [9.17, 15) is 14.3 Å². The lowest BCUT2D eigenvalue weighted by Crippen LogP contribution is -2.06. The van der Waals surface area contributed by atoms with E-state index in [1.165, 1.54) is 19.1 Å². The van der Waals surface area contributed by atoms with E-state index in [-0.39, 0.29) is 34.8 Å². The van der Waals surface area contributed by atoms with Crippen LogP contribution in [0.3, 0.4) is 0 Å². The summed E-state index contributed by atoms with van der Waals surface area (Å²) in [6.45, 7) is 1.36. The molecule has 0 aliphatic carbocycles. The van der Waals surface area contributed by atoms with Gasteiger partial charge in [0.2, 0.25) is 17.7 Å². The molecule has 2 aromatic heterocycles. The van der Waals surface area contributed by atoms with Crippen molar-refractivity contribution in [3.8, 4) is 17.2 Å². The number of hydrogen-bond donors (Lipinski definition) is 3. The zero-order valence-electron chi connectivity index (χ0n) is 14.2. The van der Waals surface area contributed by atoms with Crippen LogP contribution in [0.2, 0.25) is 0 Å². The largest absolute Gasteiger partial charge is 0.505 e. The van der Waals surface area contributed by atoms with Crippen LogP contribution in [0.1, 0.15) is 18.4 Å². The number of nitrogens with one attached hydrogen (secondary N) is 2. The third kappa shape index (κ3) is 3.34. The Bertz CT molecular complexity index is 1130. The first-order valence-corrected chi connectivity index (χ1v) is 8.06. The summed E-state index contributed by atoms with van der Waals surface area (Å²) >= 11 is 0. The van der Waals surface area contributed by atoms with Crippen molar-refractivity contribution < 1.29 is 18.7 Å². The highest BCUT2D eigenvalue weighted by Gasteiger charge is 2.18. The summed E-state index contributed by atoms with van der Waals surface area (Å²) in [5.74, 6) is -0.0468. The lowest BCUT2D eigenvalue weighted by atomic mass is 10.1. The minimum Gasteiger partial charge on any atom is -0.505 e. The van der Waals surface area contributed by atoms with Crippen LogP contribution >= 0.6 is 0 Å². The Hall–Kier alpha value is -3.75. The topological polar surface area (TPSA) is 117 Å². The van der Waals surface area contributed by atoms with E-state index in [0.29, 0.717) is 23.4 Å². The van der Waals surface area contributed by atoms with Crippen molar-refractivity contribution in [2.24, 2.45) is 0 Å². The number of benzene rings is 2. The number of rotatable bonds is 4. The molecule has 136 valence electrons. The van der Waals surface area contributed by atoms with Crippen molar-refractivity contribution in [1.29, 1.82) is 0 Å². The Balaban J connectivity index is 1.64. The van der Waals surface area contributed by atoms with E-state index in [4.69, 9.17) is 4.42 Å². The monoisotopic (exact) mass is 367 g/mol. The highest BCUT2D eigenvalue weighted by molar-refractivity contribution is 5.93. The third-order valence-electron chi connectivity index (χ3n) is 3.89. The van der Waals surface area contributed by atoms with Gasteiger partial charge in [-0.1, -0.05) is 12.1 Å². The maximum Gasteiger partial charge on any atom is 0.251 e. The van der Waals surface area contributed by atoms with Crippen LogP contribution in [0.25, 0.3) is 22.5 Å². The molecule has 4 rings (SSSR count). The van der Waals surface area contributed by atoms with Crippen molar-refractivity contribution in [2.45, 2.75) is 13.3 Å². The van der Waals surface area contributed by atoms with Gasteiger partial charge in [-0.25, -0.2) is 9.37 Å². The summed E-state index contributed by atoms with van der Waals surface area (Å²) in [5.41, 5.74) is 1.96. The van der Waals surface area contributed by atoms with Gasteiger partial charge in [-0.05, 0) is 29.8 Å². The molecule has 1 amide bonds. The molecule has 0 atom stereocenters. The van der Waals surface area contributed by atoms with Gasteiger partial charge in [-0.3, -0.25) is 10.1 Å². The number of fused-ring (bicyclic) bond motifs is 1. The first-order chi connectivity index (χ1) is 13.0. The van der Waals surface area contributed by atoms with Gasteiger partial charge in [-0.2, -0.15) is 0 Å². The van der Waals surface area contributed by atoms with E-state index in [2.05, 4.69) is 25.5 Å². The van der Waals surface area contributed by atoms with Crippen molar-refractivity contribution in [3.63, 3.8) is 0 Å². The number of carbonyl (C=O) groups excluding carboxylic acids is 1. The van der Waals surface area contributed by atoms with Crippen LogP contribution < -0.4 is 5.32 Å². The lowest BCUT2D eigenvalue weighted by Gasteiger charge is -2.00. The van der Waals surface area contributed by atoms with Gasteiger partial charge in [0.1, 0.15) is 11.3 Å². The third-order valence-corrected chi connectivity index (χ3v) is 3.89. The van der Waals surface area contributed by atoms with Crippen molar-refractivity contribution >= 4 is 22.9 Å². The molecule has 0 saturated carbocycles. The number of nitrogens with zero attached hydrogens (tertiary/aromatic N) is 3. The van der Waals surface area contributed by atoms with Gasteiger partial charge in [0.25, 0.3) is 5.89 Å². The fourth-order valence-corrected chi connectivity index (χ4v) is 2.67. The molecule has 0 spiro atoms. The number of phenols is 1. The predicted octanol–water partition coefficient (Wildman–Crippen LogP) is 3.01. The summed E-state index contributed by atoms with van der Waals surface area (Å²) in [5, 5.41) is 21.0. The number of phenolic OH excluding ortho intramolecular Hbond substituents is 1. The average molecular weight is 367 g/mol. The SMILES string of the molecule is CC(=O)Nc1nc2c(O)c(-c3nnc(Cc4ccc(F)cc4)o3)ccc2[nH]1. The van der Waals surface area contributed by atoms with Crippen LogP contribution in [0.5, 0.6) is 5.75 Å². The van der Waals surface area contributed by atoms with Crippen LogP contribution in [0.4, 0.5) is 10.3 Å². The lowest BCUT2D eigenvalue weighted by molar-refractivity contribution is -0.114. The molecule has 2 aromatic carbocycles. The second-order valence-electron chi connectivity index (χ2n) is 5.93. The highest BCUT2D eigenvalue weighted by Crippen LogP contribution is 2.34. The minimum absolute atomic E-state index is 0.135. The zero-order chi connectivity index (χ0) is 19.0. The summed E-state index contributed by atoms with van der Waals surface area (Å²) in [7, 11) is 0. The van der Waals surface area contributed by atoms with Gasteiger partial charge < -0.3 is 14.5 Å². The predicted molar refractivity (Wildman–Crippen MR) is 94.6 cm³/mol. The molecular weight excluding hydrogens is 353 g/mol. The number of aromatic nitrogens is 4. The number of aromatic amines is 1. The summed E-state index contributed by atoms with van der Waals surface area (Å²) in [4.78, 5) is 18.2. The standard InChI is InChI=1S/C18H14FN5O3/c1-9(25)20-18-21-13-7-6-12(16(26)15(13)22-18)17-24-23-14(27-17)8-10-2-4-11(19)5-3-10/h2-7,26H,8H2,1H3,(H2,20,21,22,25). The number of imidazole rings is 1. The molecule has 0 aliphatic rings. The first kappa shape index (κ1) is 16.7. The Morgan fingerprint density at radius 1 is 1.22 bits per heavy atom. The number of carbonyl (C=O) groups is 1. The van der Waals surface area contributed by atoms with E-state index in [1.54, 1.807) is 24.3 Å². The van der Waals surface area contributed by atoms with Crippen molar-refractivity contribution in [1.82, 2.24) is 20.2 Å².